The molecule has 0 fully saturated rings. The molecule has 0 atom stereocenters. The van der Waals surface area contributed by atoms with Gasteiger partial charge in [-0.2, -0.15) is 13.2 Å². The molecule has 0 aliphatic carbocycles. The number of hydrogen-bond donors (Lipinski definition) is 2. The molecule has 0 bridgehead atoms. The van der Waals surface area contributed by atoms with Crippen LogP contribution in [0.1, 0.15) is 23.2 Å². The second-order valence-electron chi connectivity index (χ2n) is 5.61. The summed E-state index contributed by atoms with van der Waals surface area (Å²) in [6.07, 6.45) is -4.43. The lowest BCUT2D eigenvalue weighted by Gasteiger charge is -2.12. The van der Waals surface area contributed by atoms with Crippen molar-refractivity contribution in [3.8, 4) is 5.75 Å². The van der Waals surface area contributed by atoms with E-state index in [0.29, 0.717) is 37.3 Å². The monoisotopic (exact) mass is 544 g/mol. The van der Waals surface area contributed by atoms with Crippen LogP contribution >= 0.6 is 35.3 Å². The van der Waals surface area contributed by atoms with Crippen LogP contribution in [0.2, 0.25) is 0 Å². The molecule has 0 amide bonds. The highest BCUT2D eigenvalue weighted by Crippen LogP contribution is 2.30. The van der Waals surface area contributed by atoms with Crippen molar-refractivity contribution in [2.45, 2.75) is 26.3 Å². The topological polar surface area (TPSA) is 67.8 Å². The van der Waals surface area contributed by atoms with E-state index in [1.807, 2.05) is 31.2 Å². The third-order valence-electron chi connectivity index (χ3n) is 3.55. The second-order valence-corrected chi connectivity index (χ2v) is 6.55. The number of nitrogens with zero attached hydrogens (tertiary/aromatic N) is 2. The quantitative estimate of drug-likeness (QED) is 0.216. The fourth-order valence-electron chi connectivity index (χ4n) is 2.25. The number of methoxy groups -OCH3 is 1. The molecule has 162 valence electrons. The first-order chi connectivity index (χ1) is 13.4. The molecule has 2 aromatic rings. The zero-order valence-electron chi connectivity index (χ0n) is 16.1. The Bertz CT molecular complexity index is 772. The molecule has 1 aromatic carbocycles. The highest BCUT2D eigenvalue weighted by Gasteiger charge is 2.33. The summed E-state index contributed by atoms with van der Waals surface area (Å²) >= 11 is 0.939. The van der Waals surface area contributed by atoms with Crippen molar-refractivity contribution in [1.29, 1.82) is 0 Å². The van der Waals surface area contributed by atoms with Gasteiger partial charge in [0.15, 0.2) is 11.7 Å². The van der Waals surface area contributed by atoms with Crippen LogP contribution in [-0.2, 0) is 24.1 Å². The first-order valence-corrected chi connectivity index (χ1v) is 9.55. The van der Waals surface area contributed by atoms with Crippen LogP contribution in [0.5, 0.6) is 5.75 Å². The van der Waals surface area contributed by atoms with Gasteiger partial charge in [0.2, 0.25) is 0 Å². The summed E-state index contributed by atoms with van der Waals surface area (Å²) < 4.78 is 48.7. The predicted octanol–water partition coefficient (Wildman–Crippen LogP) is 4.06. The van der Waals surface area contributed by atoms with E-state index in [1.54, 1.807) is 7.11 Å². The summed E-state index contributed by atoms with van der Waals surface area (Å²) in [6, 6.07) is 7.61. The van der Waals surface area contributed by atoms with Crippen LogP contribution < -0.4 is 15.4 Å². The largest absolute Gasteiger partial charge is 0.496 e. The van der Waals surface area contributed by atoms with Gasteiger partial charge in [-0.15, -0.1) is 35.3 Å². The molecule has 29 heavy (non-hydrogen) atoms. The molecule has 1 aromatic heterocycles. The summed E-state index contributed by atoms with van der Waals surface area (Å²) in [6.45, 7) is 3.93. The highest BCUT2D eigenvalue weighted by atomic mass is 127. The minimum Gasteiger partial charge on any atom is -0.496 e. The molecular weight excluding hydrogens is 520 g/mol. The number of alkyl halides is 3. The number of halogens is 4. The van der Waals surface area contributed by atoms with Crippen LogP contribution in [0.25, 0.3) is 0 Å². The number of hydrogen-bond acceptors (Lipinski definition) is 5. The van der Waals surface area contributed by atoms with Gasteiger partial charge in [-0.3, -0.25) is 0 Å². The summed E-state index contributed by atoms with van der Waals surface area (Å²) in [7, 11) is 1.61. The predicted molar refractivity (Wildman–Crippen MR) is 118 cm³/mol. The average molecular weight is 544 g/mol. The SMILES string of the molecule is CCNC(=NCc1nc(C(F)(F)F)cs1)NCCOCc1ccccc1OC.I. The number of nitrogens with one attached hydrogen (secondary N) is 2. The highest BCUT2D eigenvalue weighted by molar-refractivity contribution is 14.0. The standard InChI is InChI=1S/C18H23F3N4O2S.HI/c1-3-22-17(24-10-16-25-15(12-28-16)18(19,20)21)23-8-9-27-11-13-6-4-5-7-14(13)26-2;/h4-7,12H,3,8-11H2,1-2H3,(H2,22,23,24);1H. The molecule has 0 unspecified atom stereocenters. The van der Waals surface area contributed by atoms with Crippen molar-refractivity contribution < 1.29 is 22.6 Å². The van der Waals surface area contributed by atoms with Gasteiger partial charge < -0.3 is 20.1 Å². The van der Waals surface area contributed by atoms with Crippen molar-refractivity contribution in [2.75, 3.05) is 26.8 Å². The third-order valence-corrected chi connectivity index (χ3v) is 4.38. The van der Waals surface area contributed by atoms with Crippen molar-refractivity contribution in [3.05, 3.63) is 45.9 Å². The lowest BCUT2D eigenvalue weighted by atomic mass is 10.2. The molecule has 0 spiro atoms. The first kappa shape index (κ1) is 25.4. The average Bonchev–Trinajstić information content (AvgIpc) is 3.15. The summed E-state index contributed by atoms with van der Waals surface area (Å²) in [4.78, 5) is 7.83. The molecular formula is C18H24F3IN4O2S. The van der Waals surface area contributed by atoms with E-state index in [-0.39, 0.29) is 30.5 Å². The van der Waals surface area contributed by atoms with E-state index in [9.17, 15) is 13.2 Å². The smallest absolute Gasteiger partial charge is 0.434 e. The van der Waals surface area contributed by atoms with E-state index in [4.69, 9.17) is 9.47 Å². The molecule has 0 saturated carbocycles. The van der Waals surface area contributed by atoms with Gasteiger partial charge in [-0.05, 0) is 13.0 Å². The van der Waals surface area contributed by atoms with Crippen molar-refractivity contribution >= 4 is 41.3 Å². The Kier molecular flexibility index (Phi) is 11.3. The fraction of sp³-hybridized carbons (Fsp3) is 0.444. The number of rotatable bonds is 9. The van der Waals surface area contributed by atoms with Gasteiger partial charge in [-0.25, -0.2) is 9.98 Å². The van der Waals surface area contributed by atoms with Crippen LogP contribution in [0.4, 0.5) is 13.2 Å². The number of benzene rings is 1. The Labute approximate surface area is 188 Å². The Morgan fingerprint density at radius 3 is 2.66 bits per heavy atom. The second kappa shape index (κ2) is 12.9. The van der Waals surface area contributed by atoms with Gasteiger partial charge in [0.25, 0.3) is 0 Å². The normalized spacial score (nSPS) is 11.7. The molecule has 1 heterocycles. The number of guanidine groups is 1. The number of aliphatic imine (C=N–C) groups is 1. The number of ether oxygens (including phenoxy) is 2. The number of para-hydroxylation sites is 1. The van der Waals surface area contributed by atoms with Crippen molar-refractivity contribution in [3.63, 3.8) is 0 Å². The van der Waals surface area contributed by atoms with Crippen LogP contribution in [-0.4, -0.2) is 37.7 Å². The molecule has 0 saturated heterocycles. The maximum absolute atomic E-state index is 12.6. The zero-order chi connectivity index (χ0) is 20.4. The molecule has 6 nitrogen and oxygen atoms in total. The van der Waals surface area contributed by atoms with E-state index in [1.165, 1.54) is 0 Å². The van der Waals surface area contributed by atoms with Crippen LogP contribution in [0, 0.1) is 0 Å². The van der Waals surface area contributed by atoms with Crippen LogP contribution in [0.15, 0.2) is 34.6 Å². The maximum Gasteiger partial charge on any atom is 0.434 e. The minimum absolute atomic E-state index is 0. The summed E-state index contributed by atoms with van der Waals surface area (Å²) in [5.41, 5.74) is 0.0696. The Morgan fingerprint density at radius 1 is 1.24 bits per heavy atom. The van der Waals surface area contributed by atoms with Gasteiger partial charge in [-0.1, -0.05) is 18.2 Å². The Morgan fingerprint density at radius 2 is 2.00 bits per heavy atom. The molecule has 2 rings (SSSR count). The number of aromatic nitrogens is 1. The van der Waals surface area contributed by atoms with Gasteiger partial charge >= 0.3 is 6.18 Å². The van der Waals surface area contributed by atoms with E-state index in [0.717, 1.165) is 28.0 Å². The van der Waals surface area contributed by atoms with Gasteiger partial charge in [0.05, 0.1) is 26.9 Å². The van der Waals surface area contributed by atoms with Gasteiger partial charge in [0, 0.05) is 24.0 Å². The summed E-state index contributed by atoms with van der Waals surface area (Å²) in [5.74, 6) is 1.26. The zero-order valence-corrected chi connectivity index (χ0v) is 19.2. The third kappa shape index (κ3) is 8.74. The maximum atomic E-state index is 12.6. The fourth-order valence-corrected chi connectivity index (χ4v) is 2.97. The minimum atomic E-state index is -4.43. The van der Waals surface area contributed by atoms with Crippen molar-refractivity contribution in [2.24, 2.45) is 4.99 Å². The lowest BCUT2D eigenvalue weighted by molar-refractivity contribution is -0.140. The van der Waals surface area contributed by atoms with Crippen LogP contribution in [0.3, 0.4) is 0 Å². The van der Waals surface area contributed by atoms with E-state index in [2.05, 4.69) is 20.6 Å². The molecule has 11 heteroatoms. The van der Waals surface area contributed by atoms with E-state index >= 15 is 0 Å². The Balaban J connectivity index is 0.00000420. The summed E-state index contributed by atoms with van der Waals surface area (Å²) in [5, 5.41) is 7.41. The number of thiazole rings is 1. The first-order valence-electron chi connectivity index (χ1n) is 8.67. The van der Waals surface area contributed by atoms with Gasteiger partial charge in [0.1, 0.15) is 10.8 Å². The molecule has 2 N–H and O–H groups in total. The molecule has 0 radical (unpaired) electrons. The van der Waals surface area contributed by atoms with Crippen molar-refractivity contribution in [1.82, 2.24) is 15.6 Å². The molecule has 0 aliphatic heterocycles. The Hall–Kier alpha value is -1.60. The molecule has 0 aliphatic rings. The van der Waals surface area contributed by atoms with E-state index < -0.39 is 11.9 Å². The lowest BCUT2D eigenvalue weighted by Crippen LogP contribution is -2.38.